The monoisotopic (exact) mass is 212 g/mol. The molecule has 0 saturated carbocycles. The summed E-state index contributed by atoms with van der Waals surface area (Å²) in [5, 5.41) is 3.06. The van der Waals surface area contributed by atoms with Crippen molar-refractivity contribution in [2.75, 3.05) is 11.1 Å². The summed E-state index contributed by atoms with van der Waals surface area (Å²) in [7, 11) is 0. The van der Waals surface area contributed by atoms with Gasteiger partial charge in [-0.15, -0.1) is 0 Å². The molecule has 4 nitrogen and oxygen atoms in total. The second kappa shape index (κ2) is 4.42. The number of nitrogens with one attached hydrogen (secondary N) is 1. The van der Waals surface area contributed by atoms with E-state index in [0.717, 1.165) is 19.0 Å². The van der Waals surface area contributed by atoms with Gasteiger partial charge < -0.3 is 11.1 Å². The van der Waals surface area contributed by atoms with Crippen molar-refractivity contribution in [3.63, 3.8) is 0 Å². The number of nitrogen functional groups attached to an aromatic ring is 1. The van der Waals surface area contributed by atoms with Crippen molar-refractivity contribution < 1.29 is 4.39 Å². The average Bonchev–Trinajstić information content (AvgIpc) is 2.23. The van der Waals surface area contributed by atoms with Gasteiger partial charge in [-0.2, -0.15) is 4.98 Å². The van der Waals surface area contributed by atoms with E-state index in [2.05, 4.69) is 15.3 Å². The maximum absolute atomic E-state index is 13.3. The van der Waals surface area contributed by atoms with E-state index >= 15 is 0 Å². The van der Waals surface area contributed by atoms with Crippen LogP contribution in [0.25, 0.3) is 0 Å². The van der Waals surface area contributed by atoms with Crippen LogP contribution in [0.5, 0.6) is 0 Å². The number of rotatable bonds is 4. The lowest BCUT2D eigenvalue weighted by molar-refractivity contribution is 0.471. The number of nitrogens with zero attached hydrogens (tertiary/aromatic N) is 2. The molecule has 0 aromatic carbocycles. The van der Waals surface area contributed by atoms with Gasteiger partial charge in [0, 0.05) is 5.54 Å². The summed E-state index contributed by atoms with van der Waals surface area (Å²) in [6, 6.07) is 0. The van der Waals surface area contributed by atoms with Crippen LogP contribution in [0.4, 0.5) is 16.2 Å². The minimum Gasteiger partial charge on any atom is -0.368 e. The summed E-state index contributed by atoms with van der Waals surface area (Å²) in [6.45, 7) is 6.10. The zero-order valence-electron chi connectivity index (χ0n) is 9.34. The SMILES string of the molecule is CCC(C)(CC)Nc1nc(N)ncc1F. The Morgan fingerprint density at radius 3 is 2.60 bits per heavy atom. The van der Waals surface area contributed by atoms with Gasteiger partial charge in [0.25, 0.3) is 0 Å². The first-order valence-corrected chi connectivity index (χ1v) is 5.07. The van der Waals surface area contributed by atoms with Gasteiger partial charge in [-0.1, -0.05) is 13.8 Å². The summed E-state index contributed by atoms with van der Waals surface area (Å²) in [5.74, 6) is -0.223. The first-order valence-electron chi connectivity index (χ1n) is 5.07. The molecule has 0 atom stereocenters. The molecule has 1 rings (SSSR count). The van der Waals surface area contributed by atoms with Crippen molar-refractivity contribution in [1.29, 1.82) is 0 Å². The molecule has 0 aliphatic rings. The topological polar surface area (TPSA) is 63.8 Å². The van der Waals surface area contributed by atoms with E-state index < -0.39 is 5.82 Å². The highest BCUT2D eigenvalue weighted by molar-refractivity contribution is 5.41. The van der Waals surface area contributed by atoms with Gasteiger partial charge in [-0.05, 0) is 19.8 Å². The Hall–Kier alpha value is -1.39. The normalized spacial score (nSPS) is 11.5. The highest BCUT2D eigenvalue weighted by atomic mass is 19.1. The molecule has 0 spiro atoms. The number of hydrogen-bond acceptors (Lipinski definition) is 4. The molecule has 5 heteroatoms. The van der Waals surface area contributed by atoms with Crippen LogP contribution in [0.15, 0.2) is 6.20 Å². The molecule has 1 aromatic heterocycles. The number of aromatic nitrogens is 2. The summed E-state index contributed by atoms with van der Waals surface area (Å²) < 4.78 is 13.3. The Balaban J connectivity index is 2.92. The third-order valence-electron chi connectivity index (χ3n) is 2.74. The zero-order valence-corrected chi connectivity index (χ0v) is 9.34. The minimum atomic E-state index is -0.475. The maximum Gasteiger partial charge on any atom is 0.222 e. The molecule has 1 heterocycles. The molecule has 1 aromatic rings. The van der Waals surface area contributed by atoms with Crippen molar-refractivity contribution in [3.8, 4) is 0 Å². The zero-order chi connectivity index (χ0) is 11.5. The van der Waals surface area contributed by atoms with E-state index in [1.165, 1.54) is 0 Å². The average molecular weight is 212 g/mol. The van der Waals surface area contributed by atoms with Crippen molar-refractivity contribution in [2.24, 2.45) is 0 Å². The van der Waals surface area contributed by atoms with Crippen LogP contribution in [0.2, 0.25) is 0 Å². The lowest BCUT2D eigenvalue weighted by Gasteiger charge is -2.28. The fraction of sp³-hybridized carbons (Fsp3) is 0.600. The predicted molar refractivity (Wildman–Crippen MR) is 59.0 cm³/mol. The van der Waals surface area contributed by atoms with Gasteiger partial charge in [-0.25, -0.2) is 9.37 Å². The van der Waals surface area contributed by atoms with Crippen LogP contribution in [-0.4, -0.2) is 15.5 Å². The summed E-state index contributed by atoms with van der Waals surface area (Å²) in [6.07, 6.45) is 2.84. The molecule has 0 fully saturated rings. The molecule has 0 saturated heterocycles. The lowest BCUT2D eigenvalue weighted by atomic mass is 9.96. The van der Waals surface area contributed by atoms with Crippen molar-refractivity contribution in [3.05, 3.63) is 12.0 Å². The summed E-state index contributed by atoms with van der Waals surface area (Å²) in [4.78, 5) is 7.41. The molecule has 0 radical (unpaired) electrons. The standard InChI is InChI=1S/C10H17FN4/c1-4-10(3,5-2)15-8-7(11)6-13-9(12)14-8/h6H,4-5H2,1-3H3,(H3,12,13,14,15). The second-order valence-electron chi connectivity index (χ2n) is 3.82. The molecule has 15 heavy (non-hydrogen) atoms. The number of anilines is 2. The fourth-order valence-electron chi connectivity index (χ4n) is 1.18. The Morgan fingerprint density at radius 1 is 1.47 bits per heavy atom. The van der Waals surface area contributed by atoms with Crippen LogP contribution >= 0.6 is 0 Å². The Bertz CT molecular complexity index is 336. The van der Waals surface area contributed by atoms with Gasteiger partial charge >= 0.3 is 0 Å². The van der Waals surface area contributed by atoms with Crippen LogP contribution in [0, 0.1) is 5.82 Å². The quantitative estimate of drug-likeness (QED) is 0.803. The van der Waals surface area contributed by atoms with Gasteiger partial charge in [0.05, 0.1) is 6.20 Å². The highest BCUT2D eigenvalue weighted by Gasteiger charge is 2.21. The van der Waals surface area contributed by atoms with E-state index in [9.17, 15) is 4.39 Å². The Labute approximate surface area is 89.1 Å². The first kappa shape index (κ1) is 11.7. The Morgan fingerprint density at radius 2 is 2.07 bits per heavy atom. The fourth-order valence-corrected chi connectivity index (χ4v) is 1.18. The van der Waals surface area contributed by atoms with Crippen molar-refractivity contribution in [2.45, 2.75) is 39.2 Å². The third kappa shape index (κ3) is 2.78. The molecule has 0 amide bonds. The molecular formula is C10H17FN4. The predicted octanol–water partition coefficient (Wildman–Crippen LogP) is 2.19. The van der Waals surface area contributed by atoms with Crippen LogP contribution in [0.3, 0.4) is 0 Å². The van der Waals surface area contributed by atoms with Crippen LogP contribution in [-0.2, 0) is 0 Å². The smallest absolute Gasteiger partial charge is 0.222 e. The maximum atomic E-state index is 13.3. The van der Waals surface area contributed by atoms with E-state index in [-0.39, 0.29) is 17.3 Å². The van der Waals surface area contributed by atoms with E-state index in [1.54, 1.807) is 0 Å². The Kier molecular flexibility index (Phi) is 3.44. The highest BCUT2D eigenvalue weighted by Crippen LogP contribution is 2.22. The second-order valence-corrected chi connectivity index (χ2v) is 3.82. The van der Waals surface area contributed by atoms with E-state index in [4.69, 9.17) is 5.73 Å². The van der Waals surface area contributed by atoms with E-state index in [1.807, 2.05) is 20.8 Å². The molecule has 0 aliphatic heterocycles. The van der Waals surface area contributed by atoms with Crippen LogP contribution in [0.1, 0.15) is 33.6 Å². The molecule has 0 aliphatic carbocycles. The van der Waals surface area contributed by atoms with Crippen LogP contribution < -0.4 is 11.1 Å². The lowest BCUT2D eigenvalue weighted by Crippen LogP contribution is -2.34. The van der Waals surface area contributed by atoms with E-state index in [0.29, 0.717) is 0 Å². The van der Waals surface area contributed by atoms with Gasteiger partial charge in [0.2, 0.25) is 5.95 Å². The molecule has 84 valence electrons. The molecular weight excluding hydrogens is 195 g/mol. The largest absolute Gasteiger partial charge is 0.368 e. The minimum absolute atomic E-state index is 0.0773. The first-order chi connectivity index (χ1) is 7.00. The molecule has 0 bridgehead atoms. The third-order valence-corrected chi connectivity index (χ3v) is 2.74. The summed E-state index contributed by atoms with van der Waals surface area (Å²) >= 11 is 0. The molecule has 0 unspecified atom stereocenters. The number of hydrogen-bond donors (Lipinski definition) is 2. The van der Waals surface area contributed by atoms with Gasteiger partial charge in [0.15, 0.2) is 11.6 Å². The number of nitrogens with two attached hydrogens (primary N) is 1. The van der Waals surface area contributed by atoms with Crippen molar-refractivity contribution in [1.82, 2.24) is 9.97 Å². The molecule has 3 N–H and O–H groups in total. The number of halogens is 1. The van der Waals surface area contributed by atoms with Gasteiger partial charge in [-0.3, -0.25) is 0 Å². The summed E-state index contributed by atoms with van der Waals surface area (Å²) in [5.41, 5.74) is 5.24. The van der Waals surface area contributed by atoms with Gasteiger partial charge in [0.1, 0.15) is 0 Å². The van der Waals surface area contributed by atoms with Crippen molar-refractivity contribution >= 4 is 11.8 Å².